The topological polar surface area (TPSA) is 58.1 Å². The first-order chi connectivity index (χ1) is 13.4. The van der Waals surface area contributed by atoms with E-state index in [9.17, 15) is 13.6 Å². The van der Waals surface area contributed by atoms with E-state index in [1.54, 1.807) is 11.8 Å². The number of carbonyl (C=O) groups is 1. The van der Waals surface area contributed by atoms with Crippen molar-refractivity contribution in [3.8, 4) is 0 Å². The minimum absolute atomic E-state index is 0.134. The number of hydrogen-bond donors (Lipinski definition) is 1. The quantitative estimate of drug-likeness (QED) is 0.690. The summed E-state index contributed by atoms with van der Waals surface area (Å²) in [6, 6.07) is 12.5. The van der Waals surface area contributed by atoms with Crippen LogP contribution in [0.3, 0.4) is 0 Å². The standard InChI is InChI=1S/C21H20F2N4O/c1-4-27(15-8-5-7-13(2)11-15)21(28)18-12-19(25-14(3)24-18)26-20-16(22)9-6-10-17(20)23/h5-12H,4H2,1-3H3,(H,24,25,26). The molecule has 0 aliphatic heterocycles. The monoisotopic (exact) mass is 382 g/mol. The zero-order chi connectivity index (χ0) is 20.3. The van der Waals surface area contributed by atoms with E-state index < -0.39 is 11.6 Å². The van der Waals surface area contributed by atoms with Crippen LogP contribution in [0.1, 0.15) is 28.8 Å². The van der Waals surface area contributed by atoms with Gasteiger partial charge in [0.25, 0.3) is 5.91 Å². The molecule has 0 aliphatic rings. The van der Waals surface area contributed by atoms with Gasteiger partial charge in [-0.3, -0.25) is 4.79 Å². The second kappa shape index (κ2) is 8.12. The van der Waals surface area contributed by atoms with Gasteiger partial charge in [0, 0.05) is 18.3 Å². The van der Waals surface area contributed by atoms with Gasteiger partial charge < -0.3 is 10.2 Å². The smallest absolute Gasteiger partial charge is 0.277 e. The minimum Gasteiger partial charge on any atom is -0.335 e. The molecule has 5 nitrogen and oxygen atoms in total. The van der Waals surface area contributed by atoms with E-state index in [-0.39, 0.29) is 23.1 Å². The Labute approximate surface area is 162 Å². The Kier molecular flexibility index (Phi) is 5.63. The van der Waals surface area contributed by atoms with Crippen molar-refractivity contribution in [3.05, 3.63) is 77.2 Å². The van der Waals surface area contributed by atoms with E-state index in [1.807, 2.05) is 38.1 Å². The summed E-state index contributed by atoms with van der Waals surface area (Å²) in [6.07, 6.45) is 0. The summed E-state index contributed by atoms with van der Waals surface area (Å²) in [7, 11) is 0. The summed E-state index contributed by atoms with van der Waals surface area (Å²) in [5.74, 6) is -1.38. The first-order valence-electron chi connectivity index (χ1n) is 8.84. The first kappa shape index (κ1) is 19.4. The summed E-state index contributed by atoms with van der Waals surface area (Å²) in [5, 5.41) is 2.61. The Morgan fingerprint density at radius 2 is 1.71 bits per heavy atom. The predicted octanol–water partition coefficient (Wildman–Crippen LogP) is 4.78. The fourth-order valence-corrected chi connectivity index (χ4v) is 2.86. The normalized spacial score (nSPS) is 10.6. The number of aryl methyl sites for hydroxylation is 2. The van der Waals surface area contributed by atoms with Gasteiger partial charge in [-0.05, 0) is 50.6 Å². The molecule has 0 radical (unpaired) electrons. The Morgan fingerprint density at radius 1 is 1.04 bits per heavy atom. The fourth-order valence-electron chi connectivity index (χ4n) is 2.86. The van der Waals surface area contributed by atoms with Gasteiger partial charge in [-0.25, -0.2) is 18.7 Å². The van der Waals surface area contributed by atoms with E-state index in [2.05, 4.69) is 15.3 Å². The van der Waals surface area contributed by atoms with Crippen molar-refractivity contribution in [2.45, 2.75) is 20.8 Å². The molecule has 0 fully saturated rings. The van der Waals surface area contributed by atoms with Crippen molar-refractivity contribution in [2.24, 2.45) is 0 Å². The highest BCUT2D eigenvalue weighted by atomic mass is 19.1. The lowest BCUT2D eigenvalue weighted by Gasteiger charge is -2.21. The van der Waals surface area contributed by atoms with Crippen LogP contribution >= 0.6 is 0 Å². The number of carbonyl (C=O) groups excluding carboxylic acids is 1. The number of benzene rings is 2. The summed E-state index contributed by atoms with van der Waals surface area (Å²) in [4.78, 5) is 23.0. The molecule has 1 heterocycles. The Balaban J connectivity index is 1.95. The number of nitrogens with zero attached hydrogens (tertiary/aromatic N) is 3. The van der Waals surface area contributed by atoms with Crippen LogP contribution in [0.5, 0.6) is 0 Å². The molecule has 3 aromatic rings. The molecule has 0 spiro atoms. The highest BCUT2D eigenvalue weighted by Gasteiger charge is 2.20. The number of anilines is 3. The van der Waals surface area contributed by atoms with Crippen molar-refractivity contribution in [2.75, 3.05) is 16.8 Å². The van der Waals surface area contributed by atoms with Crippen LogP contribution < -0.4 is 10.2 Å². The van der Waals surface area contributed by atoms with Gasteiger partial charge >= 0.3 is 0 Å². The molecule has 1 amide bonds. The van der Waals surface area contributed by atoms with Gasteiger partial charge in [0.05, 0.1) is 0 Å². The second-order valence-electron chi connectivity index (χ2n) is 6.30. The third-order valence-electron chi connectivity index (χ3n) is 4.15. The number of aromatic nitrogens is 2. The van der Waals surface area contributed by atoms with Gasteiger partial charge in [0.15, 0.2) is 0 Å². The van der Waals surface area contributed by atoms with Crippen LogP contribution in [0.15, 0.2) is 48.5 Å². The van der Waals surface area contributed by atoms with Crippen LogP contribution in [0.2, 0.25) is 0 Å². The Morgan fingerprint density at radius 3 is 2.36 bits per heavy atom. The van der Waals surface area contributed by atoms with Crippen LogP contribution in [0, 0.1) is 25.5 Å². The van der Waals surface area contributed by atoms with Gasteiger partial charge in [-0.2, -0.15) is 0 Å². The first-order valence-corrected chi connectivity index (χ1v) is 8.84. The molecule has 0 aliphatic carbocycles. The second-order valence-corrected chi connectivity index (χ2v) is 6.30. The summed E-state index contributed by atoms with van der Waals surface area (Å²) in [5.41, 5.74) is 1.58. The van der Waals surface area contributed by atoms with Gasteiger partial charge in [0.2, 0.25) is 0 Å². The van der Waals surface area contributed by atoms with Gasteiger partial charge in [0.1, 0.15) is 34.7 Å². The molecule has 1 aromatic heterocycles. The largest absolute Gasteiger partial charge is 0.335 e. The summed E-state index contributed by atoms with van der Waals surface area (Å²) < 4.78 is 27.8. The predicted molar refractivity (Wildman–Crippen MR) is 105 cm³/mol. The molecule has 3 rings (SSSR count). The maximum absolute atomic E-state index is 13.9. The molecule has 0 saturated heterocycles. The van der Waals surface area contributed by atoms with Crippen LogP contribution in [0.25, 0.3) is 0 Å². The number of rotatable bonds is 5. The molecule has 0 saturated carbocycles. The van der Waals surface area contributed by atoms with Crippen LogP contribution in [0.4, 0.5) is 26.0 Å². The lowest BCUT2D eigenvalue weighted by Crippen LogP contribution is -2.31. The van der Waals surface area contributed by atoms with E-state index in [0.717, 1.165) is 23.4 Å². The number of nitrogens with one attached hydrogen (secondary N) is 1. The summed E-state index contributed by atoms with van der Waals surface area (Å²) in [6.45, 7) is 5.86. The van der Waals surface area contributed by atoms with Gasteiger partial charge in [-0.15, -0.1) is 0 Å². The molecule has 0 unspecified atom stereocenters. The number of halogens is 2. The zero-order valence-electron chi connectivity index (χ0n) is 15.8. The fraction of sp³-hybridized carbons (Fsp3) is 0.190. The van der Waals surface area contributed by atoms with Crippen molar-refractivity contribution in [1.29, 1.82) is 0 Å². The third kappa shape index (κ3) is 4.14. The SMILES string of the molecule is CCN(C(=O)c1cc(Nc2c(F)cccc2F)nc(C)n1)c1cccc(C)c1. The molecule has 28 heavy (non-hydrogen) atoms. The van der Waals surface area contributed by atoms with Crippen LogP contribution in [-0.2, 0) is 0 Å². The maximum Gasteiger partial charge on any atom is 0.277 e. The van der Waals surface area contributed by atoms with Crippen molar-refractivity contribution in [3.63, 3.8) is 0 Å². The minimum atomic E-state index is -0.751. The Hall–Kier alpha value is -3.35. The molecular formula is C21H20F2N4O. The lowest BCUT2D eigenvalue weighted by molar-refractivity contribution is 0.0983. The zero-order valence-corrected chi connectivity index (χ0v) is 15.8. The highest BCUT2D eigenvalue weighted by molar-refractivity contribution is 6.05. The molecule has 7 heteroatoms. The third-order valence-corrected chi connectivity index (χ3v) is 4.15. The highest BCUT2D eigenvalue weighted by Crippen LogP contribution is 2.24. The van der Waals surface area contributed by atoms with E-state index in [4.69, 9.17) is 0 Å². The molecular weight excluding hydrogens is 362 g/mol. The number of hydrogen-bond acceptors (Lipinski definition) is 4. The summed E-state index contributed by atoms with van der Waals surface area (Å²) >= 11 is 0. The molecule has 0 atom stereocenters. The van der Waals surface area contributed by atoms with Crippen molar-refractivity contribution >= 4 is 23.1 Å². The molecule has 2 aromatic carbocycles. The Bertz CT molecular complexity index is 1000. The molecule has 1 N–H and O–H groups in total. The van der Waals surface area contributed by atoms with Crippen LogP contribution in [-0.4, -0.2) is 22.4 Å². The van der Waals surface area contributed by atoms with Crippen molar-refractivity contribution in [1.82, 2.24) is 9.97 Å². The lowest BCUT2D eigenvalue weighted by atomic mass is 10.2. The average molecular weight is 382 g/mol. The van der Waals surface area contributed by atoms with E-state index in [1.165, 1.54) is 12.1 Å². The maximum atomic E-state index is 13.9. The number of para-hydroxylation sites is 1. The van der Waals surface area contributed by atoms with Crippen molar-refractivity contribution < 1.29 is 13.6 Å². The van der Waals surface area contributed by atoms with E-state index in [0.29, 0.717) is 12.4 Å². The molecule has 144 valence electrons. The average Bonchev–Trinajstić information content (AvgIpc) is 2.65. The number of amides is 1. The van der Waals surface area contributed by atoms with Gasteiger partial charge in [-0.1, -0.05) is 18.2 Å². The van der Waals surface area contributed by atoms with E-state index >= 15 is 0 Å². The molecule has 0 bridgehead atoms.